The normalized spacial score (nSPS) is 11.4. The molecule has 0 bridgehead atoms. The van der Waals surface area contributed by atoms with E-state index in [1.54, 1.807) is 12.1 Å². The molecule has 0 radical (unpaired) electrons. The van der Waals surface area contributed by atoms with Gasteiger partial charge in [0.05, 0.1) is 12.1 Å². The lowest BCUT2D eigenvalue weighted by Gasteiger charge is -2.09. The maximum atomic E-state index is 13.2. The summed E-state index contributed by atoms with van der Waals surface area (Å²) in [5.74, 6) is -0.305. The Hall–Kier alpha value is -1.70. The van der Waals surface area contributed by atoms with E-state index in [-0.39, 0.29) is 16.5 Å². The fourth-order valence-corrected chi connectivity index (χ4v) is 3.14. The van der Waals surface area contributed by atoms with Crippen LogP contribution >= 0.6 is 11.6 Å². The van der Waals surface area contributed by atoms with Gasteiger partial charge in [0.25, 0.3) is 0 Å². The van der Waals surface area contributed by atoms with E-state index in [1.807, 2.05) is 0 Å². The number of methoxy groups -OCH3 is 1. The molecule has 0 fully saturated rings. The Morgan fingerprint density at radius 1 is 1.33 bits per heavy atom. The third kappa shape index (κ3) is 3.90. The summed E-state index contributed by atoms with van der Waals surface area (Å²) in [6.07, 6.45) is 1.50. The van der Waals surface area contributed by atoms with Gasteiger partial charge in [0, 0.05) is 18.8 Å². The highest BCUT2D eigenvalue weighted by Gasteiger charge is 2.18. The number of nitrogens with one attached hydrogen (secondary N) is 1. The Morgan fingerprint density at radius 2 is 2.10 bits per heavy atom. The zero-order valence-corrected chi connectivity index (χ0v) is 12.6. The molecule has 0 aliphatic carbocycles. The number of halogens is 2. The monoisotopic (exact) mass is 330 g/mol. The molecule has 1 aromatic heterocycles. The first-order chi connectivity index (χ1) is 9.92. The Labute approximate surface area is 126 Å². The van der Waals surface area contributed by atoms with E-state index in [9.17, 15) is 12.8 Å². The topological polar surface area (TPSA) is 68.3 Å². The molecule has 1 N–H and O–H groups in total. The highest BCUT2D eigenvalue weighted by atomic mass is 35.5. The van der Waals surface area contributed by atoms with Gasteiger partial charge in [0.2, 0.25) is 15.9 Å². The van der Waals surface area contributed by atoms with Crippen LogP contribution in [0, 0.1) is 5.82 Å². The molecular formula is C13H12ClFN2O3S. The second-order valence-corrected chi connectivity index (χ2v) is 6.25. The first kappa shape index (κ1) is 15.7. The van der Waals surface area contributed by atoms with Crippen LogP contribution in [0.25, 0.3) is 0 Å². The maximum absolute atomic E-state index is 13.2. The number of hydrogen-bond donors (Lipinski definition) is 1. The van der Waals surface area contributed by atoms with Crippen molar-refractivity contribution in [1.82, 2.24) is 9.71 Å². The quantitative estimate of drug-likeness (QED) is 0.913. The van der Waals surface area contributed by atoms with Crippen molar-refractivity contribution in [2.24, 2.45) is 0 Å². The van der Waals surface area contributed by atoms with Crippen molar-refractivity contribution in [3.63, 3.8) is 0 Å². The summed E-state index contributed by atoms with van der Waals surface area (Å²) in [4.78, 5) is 3.62. The molecule has 2 rings (SSSR count). The fourth-order valence-electron chi connectivity index (χ4n) is 1.61. The summed E-state index contributed by atoms with van der Waals surface area (Å²) < 4.78 is 44.7. The number of ether oxygens (including phenoxy) is 1. The van der Waals surface area contributed by atoms with Gasteiger partial charge in [-0.1, -0.05) is 11.6 Å². The van der Waals surface area contributed by atoms with Crippen LogP contribution in [0.4, 0.5) is 4.39 Å². The van der Waals surface area contributed by atoms with E-state index in [2.05, 4.69) is 9.71 Å². The standard InChI is InChI=1S/C13H12ClFN2O3S/c1-20-13-6-9(4-5-16-13)8-17-21(18,19)12-7-10(15)2-3-11(12)14/h2-7,17H,8H2,1H3. The number of benzene rings is 1. The van der Waals surface area contributed by atoms with Crippen molar-refractivity contribution >= 4 is 21.6 Å². The van der Waals surface area contributed by atoms with Crippen LogP contribution in [-0.4, -0.2) is 20.5 Å². The van der Waals surface area contributed by atoms with Gasteiger partial charge < -0.3 is 4.74 Å². The molecule has 21 heavy (non-hydrogen) atoms. The van der Waals surface area contributed by atoms with Crippen molar-refractivity contribution in [2.75, 3.05) is 7.11 Å². The first-order valence-corrected chi connectivity index (χ1v) is 7.72. The van der Waals surface area contributed by atoms with Gasteiger partial charge in [-0.15, -0.1) is 0 Å². The Bertz CT molecular complexity index is 753. The Morgan fingerprint density at radius 3 is 2.81 bits per heavy atom. The van der Waals surface area contributed by atoms with Crippen LogP contribution in [0.15, 0.2) is 41.4 Å². The molecule has 0 amide bonds. The van der Waals surface area contributed by atoms with Gasteiger partial charge in [0.1, 0.15) is 10.7 Å². The fraction of sp³-hybridized carbons (Fsp3) is 0.154. The van der Waals surface area contributed by atoms with Crippen molar-refractivity contribution in [2.45, 2.75) is 11.4 Å². The zero-order valence-electron chi connectivity index (χ0n) is 11.0. The molecule has 1 aromatic carbocycles. The smallest absolute Gasteiger partial charge is 0.242 e. The van der Waals surface area contributed by atoms with Crippen molar-refractivity contribution in [3.05, 3.63) is 52.9 Å². The molecule has 2 aromatic rings. The minimum atomic E-state index is -3.91. The van der Waals surface area contributed by atoms with Crippen LogP contribution in [0.2, 0.25) is 5.02 Å². The van der Waals surface area contributed by atoms with E-state index < -0.39 is 15.8 Å². The maximum Gasteiger partial charge on any atom is 0.242 e. The lowest BCUT2D eigenvalue weighted by atomic mass is 10.3. The molecule has 0 saturated heterocycles. The highest BCUT2D eigenvalue weighted by Crippen LogP contribution is 2.22. The summed E-state index contributed by atoms with van der Waals surface area (Å²) >= 11 is 5.79. The summed E-state index contributed by atoms with van der Waals surface area (Å²) in [6.45, 7) is 0.00799. The minimum absolute atomic E-state index is 0.00799. The number of sulfonamides is 1. The van der Waals surface area contributed by atoms with Crippen molar-refractivity contribution < 1.29 is 17.5 Å². The zero-order chi connectivity index (χ0) is 15.5. The first-order valence-electron chi connectivity index (χ1n) is 5.86. The highest BCUT2D eigenvalue weighted by molar-refractivity contribution is 7.89. The van der Waals surface area contributed by atoms with Crippen LogP contribution in [0.3, 0.4) is 0 Å². The molecule has 112 valence electrons. The third-order valence-corrected chi connectivity index (χ3v) is 4.54. The van der Waals surface area contributed by atoms with Crippen LogP contribution < -0.4 is 9.46 Å². The molecule has 8 heteroatoms. The van der Waals surface area contributed by atoms with Gasteiger partial charge in [-0.05, 0) is 29.8 Å². The number of hydrogen-bond acceptors (Lipinski definition) is 4. The predicted molar refractivity (Wildman–Crippen MR) is 76.2 cm³/mol. The number of pyridine rings is 1. The van der Waals surface area contributed by atoms with Gasteiger partial charge in [0.15, 0.2) is 0 Å². The van der Waals surface area contributed by atoms with Crippen LogP contribution in [-0.2, 0) is 16.6 Å². The number of aromatic nitrogens is 1. The second kappa shape index (κ2) is 6.38. The molecule has 0 unspecified atom stereocenters. The molecule has 0 aliphatic rings. The van der Waals surface area contributed by atoms with Crippen LogP contribution in [0.1, 0.15) is 5.56 Å². The second-order valence-electron chi connectivity index (χ2n) is 4.11. The molecule has 0 spiro atoms. The van der Waals surface area contributed by atoms with Crippen molar-refractivity contribution in [1.29, 1.82) is 0 Å². The van der Waals surface area contributed by atoms with Gasteiger partial charge in [-0.3, -0.25) is 0 Å². The third-order valence-electron chi connectivity index (χ3n) is 2.66. The minimum Gasteiger partial charge on any atom is -0.481 e. The average Bonchev–Trinajstić information content (AvgIpc) is 2.48. The number of nitrogens with zero attached hydrogens (tertiary/aromatic N) is 1. The van der Waals surface area contributed by atoms with Crippen LogP contribution in [0.5, 0.6) is 5.88 Å². The SMILES string of the molecule is COc1cc(CNS(=O)(=O)c2cc(F)ccc2Cl)ccn1. The Kier molecular flexibility index (Phi) is 4.76. The summed E-state index contributed by atoms with van der Waals surface area (Å²) in [7, 11) is -2.45. The van der Waals surface area contributed by atoms with Crippen molar-refractivity contribution in [3.8, 4) is 5.88 Å². The molecule has 0 aliphatic heterocycles. The molecule has 0 saturated carbocycles. The van der Waals surface area contributed by atoms with Gasteiger partial charge >= 0.3 is 0 Å². The van der Waals surface area contributed by atoms with E-state index in [0.29, 0.717) is 11.4 Å². The summed E-state index contributed by atoms with van der Waals surface area (Å²) in [6, 6.07) is 6.39. The van der Waals surface area contributed by atoms with E-state index >= 15 is 0 Å². The van der Waals surface area contributed by atoms with Gasteiger partial charge in [-0.2, -0.15) is 0 Å². The van der Waals surface area contributed by atoms with Gasteiger partial charge in [-0.25, -0.2) is 22.5 Å². The lowest BCUT2D eigenvalue weighted by molar-refractivity contribution is 0.397. The Balaban J connectivity index is 2.19. The molecule has 1 heterocycles. The molecule has 5 nitrogen and oxygen atoms in total. The van der Waals surface area contributed by atoms with E-state index in [4.69, 9.17) is 16.3 Å². The van der Waals surface area contributed by atoms with E-state index in [1.165, 1.54) is 19.4 Å². The largest absolute Gasteiger partial charge is 0.481 e. The predicted octanol–water partition coefficient (Wildman–Crippen LogP) is 2.36. The van der Waals surface area contributed by atoms with E-state index in [0.717, 1.165) is 12.1 Å². The summed E-state index contributed by atoms with van der Waals surface area (Å²) in [5.41, 5.74) is 0.651. The molecule has 0 atom stereocenters. The lowest BCUT2D eigenvalue weighted by Crippen LogP contribution is -2.23. The summed E-state index contributed by atoms with van der Waals surface area (Å²) in [5, 5.41) is -0.0452. The molecular weight excluding hydrogens is 319 g/mol. The average molecular weight is 331 g/mol. The number of rotatable bonds is 5.